The Kier molecular flexibility index (Phi) is 11.5. The topological polar surface area (TPSA) is 116 Å². The number of fused-ring (bicyclic) bond motifs is 5. The summed E-state index contributed by atoms with van der Waals surface area (Å²) in [5.74, 6) is -2.16. The predicted octanol–water partition coefficient (Wildman–Crippen LogP) is 4.19. The summed E-state index contributed by atoms with van der Waals surface area (Å²) < 4.78 is 5.79. The normalized spacial score (nSPS) is 42.7. The molecule has 0 aromatic heterocycles. The van der Waals surface area contributed by atoms with Crippen molar-refractivity contribution in [1.29, 1.82) is 0 Å². The first-order valence-corrected chi connectivity index (χ1v) is 14.5. The van der Waals surface area contributed by atoms with Crippen LogP contribution in [0, 0.1) is 129 Å². The van der Waals surface area contributed by atoms with Crippen LogP contribution in [0.1, 0.15) is 66.9 Å². The Bertz CT molecular complexity index is 1160. The van der Waals surface area contributed by atoms with Crippen LogP contribution in [0.3, 0.4) is 0 Å². The van der Waals surface area contributed by atoms with Crippen LogP contribution in [0.2, 0.25) is 0 Å². The molecule has 5 rings (SSSR count). The number of aliphatic hydroxyl groups excluding tert-OH is 1. The van der Waals surface area contributed by atoms with Crippen molar-refractivity contribution in [2.75, 3.05) is 6.61 Å². The summed E-state index contributed by atoms with van der Waals surface area (Å²) in [4.78, 5) is 19.6. The van der Waals surface area contributed by atoms with E-state index in [9.17, 15) is 25.4 Å². The summed E-state index contributed by atoms with van der Waals surface area (Å²) in [6, 6.07) is 9.97. The van der Waals surface area contributed by atoms with E-state index in [-0.39, 0.29) is 119 Å². The maximum Gasteiger partial charge on any atom is 0.172 e. The summed E-state index contributed by atoms with van der Waals surface area (Å²) in [6.07, 6.45) is -1.07. The minimum absolute atomic E-state index is 0. The van der Waals surface area contributed by atoms with Crippen LogP contribution in [-0.4, -0.2) is 62.5 Å². The van der Waals surface area contributed by atoms with E-state index in [0.717, 1.165) is 11.1 Å². The molecule has 2 bridgehead atoms. The minimum atomic E-state index is -1.44. The summed E-state index contributed by atoms with van der Waals surface area (Å²) >= 11 is 0. The molecular formula is C32H46Ac2O7. The third-order valence-corrected chi connectivity index (χ3v) is 11.9. The second kappa shape index (κ2) is 12.8. The van der Waals surface area contributed by atoms with Crippen LogP contribution in [0.5, 0.6) is 0 Å². The fourth-order valence-corrected chi connectivity index (χ4v) is 9.40. The van der Waals surface area contributed by atoms with Crippen molar-refractivity contribution in [2.24, 2.45) is 40.4 Å². The van der Waals surface area contributed by atoms with Gasteiger partial charge in [-0.05, 0) is 55.1 Å². The standard InChI is InChI=1S/C32H46O7.2Ac/c1-17(13-21-11-9-8-10-12-21)26(39-37)22-15-32(36)20(4)27-30(7,18(2)14-23-31(27,35)16-38-23)28(34)25(33)24(19(22)3)29(32,5)6;;/h8-12,17-18,20,22-23,25-27,33,35-37H,13-16H2,1-7H3;;/t17?,18-,20?,22?,23?,25?,26-,27?,30+,31?,32?;;/m0../s1. The molecule has 7 nitrogen and oxygen atoms in total. The molecule has 1 heterocycles. The first-order valence-electron chi connectivity index (χ1n) is 14.5. The Balaban J connectivity index is 0.00000231. The maximum atomic E-state index is 14.4. The average molecular weight is 997 g/mol. The zero-order valence-electron chi connectivity index (χ0n) is 25.5. The number of hydrogen-bond donors (Lipinski definition) is 4. The van der Waals surface area contributed by atoms with Crippen molar-refractivity contribution in [2.45, 2.75) is 97.2 Å². The number of aliphatic hydroxyl groups is 3. The van der Waals surface area contributed by atoms with Crippen molar-refractivity contribution in [3.8, 4) is 0 Å². The van der Waals surface area contributed by atoms with E-state index in [1.165, 1.54) is 0 Å². The SMILES string of the molecule is CC1=C2C(O)C(=O)[C@@]3(C)C(C(C)C(O)(CC1[C@@H](OO)C(C)Cc1ccccc1)C2(C)C)C1(O)COC1C[C@@H]3C.[Ac].[Ac]. The molecule has 2 saturated carbocycles. The average Bonchev–Trinajstić information content (AvgIpc) is 2.88. The molecule has 2 radical (unpaired) electrons. The first-order chi connectivity index (χ1) is 18.2. The van der Waals surface area contributed by atoms with Crippen LogP contribution < -0.4 is 0 Å². The summed E-state index contributed by atoms with van der Waals surface area (Å²) in [7, 11) is 0. The Labute approximate surface area is 316 Å². The number of ketones is 1. The Morgan fingerprint density at radius 3 is 2.24 bits per heavy atom. The van der Waals surface area contributed by atoms with Gasteiger partial charge in [-0.1, -0.05) is 77.4 Å². The van der Waals surface area contributed by atoms with Gasteiger partial charge in [0.05, 0.1) is 18.3 Å². The Morgan fingerprint density at radius 2 is 1.71 bits per heavy atom. The Morgan fingerprint density at radius 1 is 1.10 bits per heavy atom. The van der Waals surface area contributed by atoms with Gasteiger partial charge in [0.15, 0.2) is 5.78 Å². The summed E-state index contributed by atoms with van der Waals surface area (Å²) in [6.45, 7) is 13.6. The number of carbonyl (C=O) groups is 1. The zero-order valence-corrected chi connectivity index (χ0v) is 35.0. The third-order valence-electron chi connectivity index (χ3n) is 11.9. The van der Waals surface area contributed by atoms with E-state index in [2.05, 4.69) is 0 Å². The van der Waals surface area contributed by atoms with Crippen molar-refractivity contribution < 1.29 is 123 Å². The number of carbonyl (C=O) groups excluding carboxylic acids is 1. The molecular weight excluding hydrogens is 950 g/mol. The van der Waals surface area contributed by atoms with Crippen molar-refractivity contribution in [1.82, 2.24) is 0 Å². The first kappa shape index (κ1) is 36.7. The molecule has 4 aliphatic rings. The molecule has 1 saturated heterocycles. The van der Waals surface area contributed by atoms with Gasteiger partial charge in [-0.3, -0.25) is 10.1 Å². The van der Waals surface area contributed by atoms with Gasteiger partial charge in [0.2, 0.25) is 0 Å². The van der Waals surface area contributed by atoms with Gasteiger partial charge in [-0.2, -0.15) is 0 Å². The van der Waals surface area contributed by atoms with Gasteiger partial charge in [-0.15, -0.1) is 0 Å². The van der Waals surface area contributed by atoms with Crippen molar-refractivity contribution in [3.05, 3.63) is 47.0 Å². The third kappa shape index (κ3) is 5.33. The fourth-order valence-electron chi connectivity index (χ4n) is 9.40. The molecule has 41 heavy (non-hydrogen) atoms. The minimum Gasteiger partial charge on any atom is -0.389 e. The molecule has 4 N–H and O–H groups in total. The summed E-state index contributed by atoms with van der Waals surface area (Å²) in [5, 5.41) is 46.9. The predicted molar refractivity (Wildman–Crippen MR) is 147 cm³/mol. The van der Waals surface area contributed by atoms with E-state index in [1.54, 1.807) is 0 Å². The smallest absolute Gasteiger partial charge is 0.172 e. The second-order valence-electron chi connectivity index (χ2n) is 13.9. The molecule has 3 aliphatic carbocycles. The van der Waals surface area contributed by atoms with E-state index in [4.69, 9.17) is 9.62 Å². The van der Waals surface area contributed by atoms with E-state index in [0.29, 0.717) is 18.4 Å². The van der Waals surface area contributed by atoms with Crippen LogP contribution in [-0.2, 0) is 20.8 Å². The summed E-state index contributed by atoms with van der Waals surface area (Å²) in [5.41, 5.74) is -2.29. The zero-order chi connectivity index (χ0) is 28.7. The number of ether oxygens (including phenoxy) is 1. The van der Waals surface area contributed by atoms with Gasteiger partial charge in [0.25, 0.3) is 0 Å². The molecule has 0 amide bonds. The number of benzene rings is 1. The maximum absolute atomic E-state index is 14.4. The van der Waals surface area contributed by atoms with Crippen molar-refractivity contribution >= 4 is 5.78 Å². The molecule has 0 spiro atoms. The molecule has 11 atom stereocenters. The second-order valence-corrected chi connectivity index (χ2v) is 13.9. The molecule has 1 aliphatic heterocycles. The number of rotatable bonds is 5. The monoisotopic (exact) mass is 996 g/mol. The van der Waals surface area contributed by atoms with Gasteiger partial charge >= 0.3 is 0 Å². The molecule has 3 fully saturated rings. The Hall–Kier alpha value is 1.27. The fraction of sp³-hybridized carbons (Fsp3) is 0.719. The van der Waals surface area contributed by atoms with E-state index >= 15 is 0 Å². The van der Waals surface area contributed by atoms with E-state index in [1.807, 2.05) is 78.8 Å². The van der Waals surface area contributed by atoms with E-state index < -0.39 is 58.1 Å². The molecule has 222 valence electrons. The van der Waals surface area contributed by atoms with Gasteiger partial charge in [0.1, 0.15) is 17.8 Å². The number of hydrogen-bond acceptors (Lipinski definition) is 7. The molecule has 1 aromatic rings. The number of Topliss-reactive ketones (excluding diaryl/α,β-unsaturated/α-hetero) is 1. The molecule has 9 heteroatoms. The van der Waals surface area contributed by atoms with Gasteiger partial charge in [-0.25, -0.2) is 4.89 Å². The largest absolute Gasteiger partial charge is 0.389 e. The van der Waals surface area contributed by atoms with Crippen LogP contribution in [0.15, 0.2) is 41.5 Å². The van der Waals surface area contributed by atoms with Gasteiger partial charge < -0.3 is 20.1 Å². The van der Waals surface area contributed by atoms with Crippen LogP contribution >= 0.6 is 0 Å². The quantitative estimate of drug-likeness (QED) is 0.199. The van der Waals surface area contributed by atoms with Gasteiger partial charge in [0, 0.05) is 111 Å². The molecule has 8 unspecified atom stereocenters. The van der Waals surface area contributed by atoms with Crippen molar-refractivity contribution in [3.63, 3.8) is 0 Å². The van der Waals surface area contributed by atoms with Crippen LogP contribution in [0.25, 0.3) is 0 Å². The van der Waals surface area contributed by atoms with Crippen LogP contribution in [0.4, 0.5) is 0 Å². The molecule has 1 aromatic carbocycles.